The second-order valence-corrected chi connectivity index (χ2v) is 8.36. The molecule has 0 radical (unpaired) electrons. The van der Waals surface area contributed by atoms with E-state index in [2.05, 4.69) is 0 Å². The van der Waals surface area contributed by atoms with Crippen molar-refractivity contribution in [3.63, 3.8) is 0 Å². The quantitative estimate of drug-likeness (QED) is 0.433. The second kappa shape index (κ2) is 9.33. The fourth-order valence-corrected chi connectivity index (χ4v) is 4.53. The predicted octanol–water partition coefficient (Wildman–Crippen LogP) is 6.63. The SMILES string of the molecule is CCC(=O)N(c1ccccc1)[C@@H]1C[C@H](C)N(C(=O)c2ccc(C(F)(F)F)cc2)c2ccccc21. The molecular weight excluding hydrogens is 441 g/mol. The molecule has 1 heterocycles. The topological polar surface area (TPSA) is 40.6 Å². The van der Waals surface area contributed by atoms with Crippen LogP contribution in [0.25, 0.3) is 0 Å². The van der Waals surface area contributed by atoms with Crippen LogP contribution >= 0.6 is 0 Å². The van der Waals surface area contributed by atoms with E-state index >= 15 is 0 Å². The molecule has 0 aromatic heterocycles. The smallest absolute Gasteiger partial charge is 0.305 e. The number of amides is 2. The highest BCUT2D eigenvalue weighted by Crippen LogP contribution is 2.43. The molecule has 0 spiro atoms. The number of hydrogen-bond donors (Lipinski definition) is 0. The van der Waals surface area contributed by atoms with Gasteiger partial charge in [-0.1, -0.05) is 43.3 Å². The maximum Gasteiger partial charge on any atom is 0.416 e. The Kier molecular flexibility index (Phi) is 6.46. The van der Waals surface area contributed by atoms with Gasteiger partial charge in [0.15, 0.2) is 0 Å². The summed E-state index contributed by atoms with van der Waals surface area (Å²) in [5.74, 6) is -0.402. The van der Waals surface area contributed by atoms with Crippen molar-refractivity contribution in [2.75, 3.05) is 9.80 Å². The Morgan fingerprint density at radius 2 is 1.56 bits per heavy atom. The molecule has 0 unspecified atom stereocenters. The Balaban J connectivity index is 1.74. The van der Waals surface area contributed by atoms with Gasteiger partial charge in [0.05, 0.1) is 11.6 Å². The number of benzene rings is 3. The number of anilines is 2. The summed E-state index contributed by atoms with van der Waals surface area (Å²) in [6, 6.07) is 20.5. The van der Waals surface area contributed by atoms with Crippen LogP contribution in [0.1, 0.15) is 54.2 Å². The van der Waals surface area contributed by atoms with Crippen LogP contribution in [0.2, 0.25) is 0 Å². The van der Waals surface area contributed by atoms with E-state index in [1.54, 1.807) is 9.80 Å². The molecule has 7 heteroatoms. The van der Waals surface area contributed by atoms with E-state index in [0.29, 0.717) is 18.5 Å². The summed E-state index contributed by atoms with van der Waals surface area (Å²) >= 11 is 0. The van der Waals surface area contributed by atoms with Gasteiger partial charge in [-0.05, 0) is 61.4 Å². The van der Waals surface area contributed by atoms with Crippen molar-refractivity contribution in [2.24, 2.45) is 0 Å². The highest BCUT2D eigenvalue weighted by atomic mass is 19.4. The number of carbonyl (C=O) groups is 2. The molecule has 4 rings (SSSR count). The number of carbonyl (C=O) groups excluding carboxylic acids is 2. The molecule has 3 aromatic rings. The average Bonchev–Trinajstić information content (AvgIpc) is 2.84. The van der Waals surface area contributed by atoms with Gasteiger partial charge >= 0.3 is 6.18 Å². The first-order chi connectivity index (χ1) is 16.2. The van der Waals surface area contributed by atoms with Gasteiger partial charge < -0.3 is 9.80 Å². The van der Waals surface area contributed by atoms with E-state index in [4.69, 9.17) is 0 Å². The maximum atomic E-state index is 13.4. The molecule has 0 aliphatic carbocycles. The first-order valence-corrected chi connectivity index (χ1v) is 11.2. The number of halogens is 3. The van der Waals surface area contributed by atoms with Gasteiger partial charge in [-0.2, -0.15) is 13.2 Å². The van der Waals surface area contributed by atoms with E-state index < -0.39 is 11.7 Å². The molecule has 0 N–H and O–H groups in total. The molecule has 4 nitrogen and oxygen atoms in total. The first-order valence-electron chi connectivity index (χ1n) is 11.2. The second-order valence-electron chi connectivity index (χ2n) is 8.36. The van der Waals surface area contributed by atoms with Crippen molar-refractivity contribution in [1.82, 2.24) is 0 Å². The number of rotatable bonds is 4. The number of fused-ring (bicyclic) bond motifs is 1. The van der Waals surface area contributed by atoms with Crippen molar-refractivity contribution in [1.29, 1.82) is 0 Å². The van der Waals surface area contributed by atoms with Crippen LogP contribution in [-0.2, 0) is 11.0 Å². The van der Waals surface area contributed by atoms with Gasteiger partial charge in [-0.25, -0.2) is 0 Å². The lowest BCUT2D eigenvalue weighted by Crippen LogP contribution is -2.47. The Morgan fingerprint density at radius 3 is 2.18 bits per heavy atom. The van der Waals surface area contributed by atoms with Crippen molar-refractivity contribution in [3.8, 4) is 0 Å². The van der Waals surface area contributed by atoms with E-state index in [9.17, 15) is 22.8 Å². The van der Waals surface area contributed by atoms with Crippen molar-refractivity contribution >= 4 is 23.2 Å². The molecular formula is C27H25F3N2O2. The molecule has 3 aromatic carbocycles. The summed E-state index contributed by atoms with van der Waals surface area (Å²) in [6.45, 7) is 3.71. The number of hydrogen-bond acceptors (Lipinski definition) is 2. The number of nitrogens with zero attached hydrogens (tertiary/aromatic N) is 2. The average molecular weight is 467 g/mol. The van der Waals surface area contributed by atoms with Crippen LogP contribution in [0.3, 0.4) is 0 Å². The summed E-state index contributed by atoms with van der Waals surface area (Å²) in [4.78, 5) is 29.9. The molecule has 2 amide bonds. The lowest BCUT2D eigenvalue weighted by Gasteiger charge is -2.43. The Morgan fingerprint density at radius 1 is 0.941 bits per heavy atom. The molecule has 1 aliphatic rings. The van der Waals surface area contributed by atoms with Crippen LogP contribution < -0.4 is 9.80 Å². The summed E-state index contributed by atoms with van der Waals surface area (Å²) in [6.07, 6.45) is -3.65. The fraction of sp³-hybridized carbons (Fsp3) is 0.259. The molecule has 0 saturated carbocycles. The van der Waals surface area contributed by atoms with Crippen molar-refractivity contribution in [2.45, 2.75) is 44.9 Å². The van der Waals surface area contributed by atoms with E-state index in [1.165, 1.54) is 12.1 Å². The van der Waals surface area contributed by atoms with Crippen LogP contribution in [0, 0.1) is 0 Å². The van der Waals surface area contributed by atoms with Gasteiger partial charge in [0.1, 0.15) is 0 Å². The lowest BCUT2D eigenvalue weighted by molar-refractivity contribution is -0.137. The Labute approximate surface area is 196 Å². The number of alkyl halides is 3. The monoisotopic (exact) mass is 466 g/mol. The minimum atomic E-state index is -4.47. The fourth-order valence-electron chi connectivity index (χ4n) is 4.53. The van der Waals surface area contributed by atoms with Crippen LogP contribution in [0.15, 0.2) is 78.9 Å². The Hall–Kier alpha value is -3.61. The first kappa shape index (κ1) is 23.5. The van der Waals surface area contributed by atoms with Crippen molar-refractivity contribution in [3.05, 3.63) is 95.6 Å². The summed E-state index contributed by atoms with van der Waals surface area (Å²) < 4.78 is 38.9. The van der Waals surface area contributed by atoms with Gasteiger partial charge in [0, 0.05) is 29.4 Å². The van der Waals surface area contributed by atoms with E-state index in [1.807, 2.05) is 68.4 Å². The van der Waals surface area contributed by atoms with Gasteiger partial charge in [0.2, 0.25) is 5.91 Å². The molecule has 1 aliphatic heterocycles. The van der Waals surface area contributed by atoms with Crippen LogP contribution in [0.5, 0.6) is 0 Å². The summed E-state index contributed by atoms with van der Waals surface area (Å²) in [7, 11) is 0. The minimum Gasteiger partial charge on any atom is -0.305 e. The summed E-state index contributed by atoms with van der Waals surface area (Å²) in [5.41, 5.74) is 1.64. The summed E-state index contributed by atoms with van der Waals surface area (Å²) in [5, 5.41) is 0. The third kappa shape index (κ3) is 4.42. The third-order valence-corrected chi connectivity index (χ3v) is 6.16. The zero-order valence-electron chi connectivity index (χ0n) is 18.9. The highest BCUT2D eigenvalue weighted by molar-refractivity contribution is 6.07. The maximum absolute atomic E-state index is 13.4. The van der Waals surface area contributed by atoms with E-state index in [0.717, 1.165) is 23.4 Å². The van der Waals surface area contributed by atoms with Crippen LogP contribution in [0.4, 0.5) is 24.5 Å². The molecule has 0 bridgehead atoms. The van der Waals surface area contributed by atoms with Crippen molar-refractivity contribution < 1.29 is 22.8 Å². The van der Waals surface area contributed by atoms with Gasteiger partial charge in [0.25, 0.3) is 5.91 Å². The highest BCUT2D eigenvalue weighted by Gasteiger charge is 2.38. The molecule has 176 valence electrons. The minimum absolute atomic E-state index is 0.0271. The molecule has 0 saturated heterocycles. The van der Waals surface area contributed by atoms with E-state index in [-0.39, 0.29) is 29.5 Å². The zero-order chi connectivity index (χ0) is 24.5. The molecule has 34 heavy (non-hydrogen) atoms. The zero-order valence-corrected chi connectivity index (χ0v) is 18.9. The molecule has 0 fully saturated rings. The number of para-hydroxylation sites is 2. The van der Waals surface area contributed by atoms with Gasteiger partial charge in [-0.3, -0.25) is 9.59 Å². The third-order valence-electron chi connectivity index (χ3n) is 6.16. The normalized spacial score (nSPS) is 17.7. The lowest BCUT2D eigenvalue weighted by atomic mass is 9.89. The standard InChI is InChI=1S/C27H25F3N2O2/c1-3-25(33)32(21-9-5-4-6-10-21)24-17-18(2)31(23-12-8-7-11-22(23)24)26(34)19-13-15-20(16-14-19)27(28,29)30/h4-16,18,24H,3,17H2,1-2H3/t18-,24+/m0/s1. The molecule has 2 atom stereocenters. The largest absolute Gasteiger partial charge is 0.416 e. The van der Waals surface area contributed by atoms with Gasteiger partial charge in [-0.15, -0.1) is 0 Å². The predicted molar refractivity (Wildman–Crippen MR) is 126 cm³/mol. The van der Waals surface area contributed by atoms with Crippen LogP contribution in [-0.4, -0.2) is 17.9 Å². The Bertz CT molecular complexity index is 1180.